The van der Waals surface area contributed by atoms with Crippen LogP contribution in [0.1, 0.15) is 278 Å². The van der Waals surface area contributed by atoms with E-state index in [-0.39, 0.29) is 25.9 Å². The Hall–Kier alpha value is -4.62. The molecule has 1 aliphatic heterocycles. The number of carboxylic acids is 1. The molecule has 0 aromatic rings. The smallest absolute Gasteiger partial charge is 0.335 e. The van der Waals surface area contributed by atoms with Crippen molar-refractivity contribution < 1.29 is 58.2 Å². The second-order valence-corrected chi connectivity index (χ2v) is 22.7. The van der Waals surface area contributed by atoms with Crippen molar-refractivity contribution in [3.05, 3.63) is 109 Å². The first kappa shape index (κ1) is 78.4. The molecule has 0 spiro atoms. The van der Waals surface area contributed by atoms with E-state index in [9.17, 15) is 34.5 Å². The third kappa shape index (κ3) is 49.1. The van der Waals surface area contributed by atoms with Crippen LogP contribution in [0.5, 0.6) is 0 Å². The van der Waals surface area contributed by atoms with E-state index in [1.165, 1.54) is 96.3 Å². The largest absolute Gasteiger partial charge is 0.479 e. The fraction of sp³-hybridized carbons (Fsp3) is 0.699. The van der Waals surface area contributed by atoms with E-state index < -0.39 is 67.3 Å². The lowest BCUT2D eigenvalue weighted by Gasteiger charge is -2.40. The number of carboxylic acid groups (broad SMARTS) is 1. The SMILES string of the molecule is CC/C=C\C/C=C\C/C=C\C/C=C\C/C=C\CCCC(=O)OC1C(OCC(COC(=O)CCCCCCCC/C=C\C/C=C\C/C=C\C/C=C\CC)OC(=O)CCCCCCCCCCCCCCCCCCCCC)OC(C(=O)O)C(O)C1O. The summed E-state index contributed by atoms with van der Waals surface area (Å²) in [5, 5.41) is 31.6. The van der Waals surface area contributed by atoms with E-state index in [1.807, 2.05) is 12.2 Å². The average Bonchev–Trinajstić information content (AvgIpc) is 2.83. The quantitative estimate of drug-likeness (QED) is 0.0228. The lowest BCUT2D eigenvalue weighted by Crippen LogP contribution is -2.61. The first-order valence-corrected chi connectivity index (χ1v) is 33.9. The van der Waals surface area contributed by atoms with Crippen LogP contribution in [0.2, 0.25) is 0 Å². The minimum atomic E-state index is -1.93. The van der Waals surface area contributed by atoms with E-state index in [1.54, 1.807) is 0 Å². The van der Waals surface area contributed by atoms with E-state index in [4.69, 9.17) is 23.7 Å². The molecule has 484 valence electrons. The summed E-state index contributed by atoms with van der Waals surface area (Å²) in [4.78, 5) is 51.4. The number of carbonyl (C=O) groups is 4. The molecule has 1 aliphatic rings. The van der Waals surface area contributed by atoms with Crippen LogP contribution >= 0.6 is 0 Å². The van der Waals surface area contributed by atoms with Crippen LogP contribution in [-0.2, 0) is 42.9 Å². The molecule has 3 N–H and O–H groups in total. The Labute approximate surface area is 516 Å². The van der Waals surface area contributed by atoms with Gasteiger partial charge < -0.3 is 39.0 Å². The highest BCUT2D eigenvalue weighted by Crippen LogP contribution is 2.26. The van der Waals surface area contributed by atoms with Crippen molar-refractivity contribution in [2.75, 3.05) is 13.2 Å². The highest BCUT2D eigenvalue weighted by atomic mass is 16.7. The van der Waals surface area contributed by atoms with Gasteiger partial charge in [0.2, 0.25) is 0 Å². The Morgan fingerprint density at radius 1 is 0.400 bits per heavy atom. The van der Waals surface area contributed by atoms with E-state index in [2.05, 4.69) is 118 Å². The van der Waals surface area contributed by atoms with Gasteiger partial charge in [0, 0.05) is 19.3 Å². The molecular formula is C73H120O12. The van der Waals surface area contributed by atoms with Crippen molar-refractivity contribution >= 4 is 23.9 Å². The third-order valence-corrected chi connectivity index (χ3v) is 14.8. The number of allylic oxidation sites excluding steroid dienone is 18. The van der Waals surface area contributed by atoms with Gasteiger partial charge in [0.05, 0.1) is 6.61 Å². The molecule has 1 saturated heterocycles. The molecule has 1 heterocycles. The van der Waals surface area contributed by atoms with Gasteiger partial charge in [-0.25, -0.2) is 4.79 Å². The molecule has 1 fully saturated rings. The zero-order valence-corrected chi connectivity index (χ0v) is 53.6. The molecule has 0 aromatic carbocycles. The summed E-state index contributed by atoms with van der Waals surface area (Å²) in [7, 11) is 0. The predicted molar refractivity (Wildman–Crippen MR) is 349 cm³/mol. The summed E-state index contributed by atoms with van der Waals surface area (Å²) in [6.07, 6.45) is 69.1. The number of hydrogen-bond donors (Lipinski definition) is 3. The van der Waals surface area contributed by atoms with E-state index in [0.717, 1.165) is 116 Å². The van der Waals surface area contributed by atoms with Crippen molar-refractivity contribution in [1.82, 2.24) is 0 Å². The summed E-state index contributed by atoms with van der Waals surface area (Å²) in [5.74, 6) is -3.21. The van der Waals surface area contributed by atoms with Crippen molar-refractivity contribution in [2.24, 2.45) is 0 Å². The molecule has 0 bridgehead atoms. The van der Waals surface area contributed by atoms with E-state index in [0.29, 0.717) is 25.7 Å². The number of rotatable bonds is 57. The number of aliphatic carboxylic acids is 1. The standard InChI is InChI=1S/C73H120O12/c1-4-7-10-13-16-19-22-25-28-31-33-36-38-41-44-47-50-53-56-59-65(74)81-62-64(83-66(75)60-57-54-51-48-45-42-40-37-34-32-29-26-23-20-17-14-11-8-5-2)63-82-73-71(69(78)68(77)70(85-73)72(79)80)84-67(76)61-58-55-52-49-46-43-39-35-30-27-24-21-18-15-12-9-6-3/h7,9-10,12,16,18-19,21,25,27-28,30,33,36,39,43,49,52,64,68-71,73,77-78H,4-6,8,11,13-15,17,20,22-24,26,29,31-32,34-35,37-38,40-42,44-48,50-51,53-63H2,1-3H3,(H,79,80)/b10-7-,12-9-,19-16-,21-18-,28-25-,30-27-,36-33-,43-39-,52-49-. The number of unbranched alkanes of at least 4 members (excludes halogenated alkanes) is 25. The van der Waals surface area contributed by atoms with Crippen LogP contribution < -0.4 is 0 Å². The fourth-order valence-electron chi connectivity index (χ4n) is 9.75. The highest BCUT2D eigenvalue weighted by Gasteiger charge is 2.50. The van der Waals surface area contributed by atoms with Crippen LogP contribution in [0.3, 0.4) is 0 Å². The van der Waals surface area contributed by atoms with Crippen LogP contribution in [0.4, 0.5) is 0 Å². The number of hydrogen-bond acceptors (Lipinski definition) is 11. The summed E-state index contributed by atoms with van der Waals surface area (Å²) in [6, 6.07) is 0. The first-order chi connectivity index (χ1) is 41.6. The molecule has 0 aromatic heterocycles. The summed E-state index contributed by atoms with van der Waals surface area (Å²) < 4.78 is 28.5. The Bertz CT molecular complexity index is 1890. The monoisotopic (exact) mass is 1190 g/mol. The first-order valence-electron chi connectivity index (χ1n) is 33.9. The summed E-state index contributed by atoms with van der Waals surface area (Å²) >= 11 is 0. The molecule has 12 heteroatoms. The third-order valence-electron chi connectivity index (χ3n) is 14.8. The molecule has 0 radical (unpaired) electrons. The number of aliphatic hydroxyl groups excluding tert-OH is 2. The second kappa shape index (κ2) is 59.7. The fourth-order valence-corrected chi connectivity index (χ4v) is 9.75. The molecule has 0 amide bonds. The van der Waals surface area contributed by atoms with Crippen LogP contribution in [0, 0.1) is 0 Å². The van der Waals surface area contributed by atoms with E-state index >= 15 is 0 Å². The predicted octanol–water partition coefficient (Wildman–Crippen LogP) is 18.6. The molecule has 12 nitrogen and oxygen atoms in total. The molecule has 85 heavy (non-hydrogen) atoms. The second-order valence-electron chi connectivity index (χ2n) is 22.7. The van der Waals surface area contributed by atoms with Gasteiger partial charge in [0.1, 0.15) is 18.8 Å². The zero-order valence-electron chi connectivity index (χ0n) is 53.6. The van der Waals surface area contributed by atoms with Gasteiger partial charge >= 0.3 is 23.9 Å². The number of ether oxygens (including phenoxy) is 5. The summed E-state index contributed by atoms with van der Waals surface area (Å²) in [5.41, 5.74) is 0. The number of carbonyl (C=O) groups excluding carboxylic acids is 3. The molecule has 6 atom stereocenters. The lowest BCUT2D eigenvalue weighted by molar-refractivity contribution is -0.301. The van der Waals surface area contributed by atoms with Crippen LogP contribution in [0.25, 0.3) is 0 Å². The molecule has 0 aliphatic carbocycles. The topological polar surface area (TPSA) is 175 Å². The molecular weight excluding hydrogens is 1070 g/mol. The normalized spacial score (nSPS) is 18.2. The van der Waals surface area contributed by atoms with Gasteiger partial charge in [-0.3, -0.25) is 14.4 Å². The maximum absolute atomic E-state index is 13.2. The average molecular weight is 1190 g/mol. The Morgan fingerprint density at radius 2 is 0.753 bits per heavy atom. The molecule has 6 unspecified atom stereocenters. The molecule has 1 rings (SSSR count). The van der Waals surface area contributed by atoms with Crippen molar-refractivity contribution in [3.8, 4) is 0 Å². The van der Waals surface area contributed by atoms with Crippen molar-refractivity contribution in [1.29, 1.82) is 0 Å². The highest BCUT2D eigenvalue weighted by molar-refractivity contribution is 5.74. The van der Waals surface area contributed by atoms with Crippen LogP contribution in [-0.4, -0.2) is 89.2 Å². The minimum Gasteiger partial charge on any atom is -0.479 e. The van der Waals surface area contributed by atoms with Gasteiger partial charge in [0.15, 0.2) is 24.6 Å². The van der Waals surface area contributed by atoms with Crippen molar-refractivity contribution in [3.63, 3.8) is 0 Å². The number of esters is 3. The Balaban J connectivity index is 2.69. The van der Waals surface area contributed by atoms with Gasteiger partial charge in [-0.05, 0) is 96.3 Å². The van der Waals surface area contributed by atoms with Gasteiger partial charge in [-0.2, -0.15) is 0 Å². The van der Waals surface area contributed by atoms with Crippen molar-refractivity contribution in [2.45, 2.75) is 314 Å². The Kier molecular flexibility index (Phi) is 55.1. The van der Waals surface area contributed by atoms with Gasteiger partial charge in [-0.1, -0.05) is 271 Å². The zero-order chi connectivity index (χ0) is 61.7. The van der Waals surface area contributed by atoms with Crippen LogP contribution in [0.15, 0.2) is 109 Å². The van der Waals surface area contributed by atoms with Gasteiger partial charge in [-0.15, -0.1) is 0 Å². The Morgan fingerprint density at radius 3 is 1.16 bits per heavy atom. The van der Waals surface area contributed by atoms with Gasteiger partial charge in [0.25, 0.3) is 0 Å². The maximum Gasteiger partial charge on any atom is 0.335 e. The minimum absolute atomic E-state index is 0.0228. The molecule has 0 saturated carbocycles. The number of aliphatic hydroxyl groups is 2. The lowest BCUT2D eigenvalue weighted by atomic mass is 9.98. The maximum atomic E-state index is 13.2. The summed E-state index contributed by atoms with van der Waals surface area (Å²) in [6.45, 7) is 5.77.